The van der Waals surface area contributed by atoms with E-state index in [-0.39, 0.29) is 6.09 Å². The van der Waals surface area contributed by atoms with Crippen LogP contribution in [0, 0.1) is 0 Å². The third-order valence-electron chi connectivity index (χ3n) is 3.49. The van der Waals surface area contributed by atoms with E-state index in [1.165, 1.54) is 32.4 Å². The number of rotatable bonds is 5. The van der Waals surface area contributed by atoms with Crippen LogP contribution in [0.15, 0.2) is 0 Å². The Morgan fingerprint density at radius 3 is 2.65 bits per heavy atom. The van der Waals surface area contributed by atoms with Crippen molar-refractivity contribution in [1.82, 2.24) is 15.5 Å². The highest BCUT2D eigenvalue weighted by Gasteiger charge is 2.17. The lowest BCUT2D eigenvalue weighted by Crippen LogP contribution is -2.39. The first kappa shape index (κ1) is 17.2. The number of nitrogens with zero attached hydrogens (tertiary/aromatic N) is 1. The number of nitrogens with one attached hydrogen (secondary N) is 2. The van der Waals surface area contributed by atoms with Crippen LogP contribution in [0.25, 0.3) is 0 Å². The monoisotopic (exact) mass is 285 g/mol. The van der Waals surface area contributed by atoms with Crippen LogP contribution in [-0.2, 0) is 4.74 Å². The predicted molar refractivity (Wildman–Crippen MR) is 82.0 cm³/mol. The summed E-state index contributed by atoms with van der Waals surface area (Å²) in [5, 5.41) is 6.31. The molecule has 0 aromatic rings. The summed E-state index contributed by atoms with van der Waals surface area (Å²) in [5.41, 5.74) is -0.428. The van der Waals surface area contributed by atoms with Gasteiger partial charge in [-0.1, -0.05) is 6.92 Å². The summed E-state index contributed by atoms with van der Waals surface area (Å²) in [6, 6.07) is 0.576. The van der Waals surface area contributed by atoms with Crippen LogP contribution in [-0.4, -0.2) is 55.4 Å². The molecule has 0 aromatic carbocycles. The number of ether oxygens (including phenoxy) is 1. The summed E-state index contributed by atoms with van der Waals surface area (Å²) in [4.78, 5) is 14.0. The van der Waals surface area contributed by atoms with Crippen molar-refractivity contribution in [1.29, 1.82) is 0 Å². The lowest BCUT2D eigenvalue weighted by Gasteiger charge is -2.20. The summed E-state index contributed by atoms with van der Waals surface area (Å²) < 4.78 is 5.19. The second-order valence-electron chi connectivity index (χ2n) is 6.44. The number of hydrogen-bond donors (Lipinski definition) is 2. The molecule has 5 heteroatoms. The maximum Gasteiger partial charge on any atom is 0.407 e. The standard InChI is InChI=1S/C15H31N3O2/c1-5-18-11-6-7-13(8-12-18)16-9-10-17-14(19)20-15(2,3)4/h13,16H,5-12H2,1-4H3,(H,17,19). The van der Waals surface area contributed by atoms with Crippen molar-refractivity contribution >= 4 is 6.09 Å². The molecular formula is C15H31N3O2. The van der Waals surface area contributed by atoms with E-state index in [0.717, 1.165) is 13.1 Å². The van der Waals surface area contributed by atoms with Crippen LogP contribution in [0.1, 0.15) is 47.0 Å². The molecule has 1 fully saturated rings. The molecule has 0 radical (unpaired) electrons. The molecule has 1 aliphatic heterocycles. The van der Waals surface area contributed by atoms with Gasteiger partial charge in [0, 0.05) is 19.1 Å². The lowest BCUT2D eigenvalue weighted by atomic mass is 10.1. The van der Waals surface area contributed by atoms with Crippen LogP contribution < -0.4 is 10.6 Å². The highest BCUT2D eigenvalue weighted by atomic mass is 16.6. The first-order chi connectivity index (χ1) is 9.40. The molecule has 1 rings (SSSR count). The van der Waals surface area contributed by atoms with Crippen LogP contribution >= 0.6 is 0 Å². The molecule has 1 atom stereocenters. The van der Waals surface area contributed by atoms with Crippen molar-refractivity contribution in [3.05, 3.63) is 0 Å². The molecule has 1 aliphatic rings. The highest BCUT2D eigenvalue weighted by Crippen LogP contribution is 2.10. The van der Waals surface area contributed by atoms with E-state index < -0.39 is 5.60 Å². The third kappa shape index (κ3) is 7.70. The molecule has 1 heterocycles. The fourth-order valence-electron chi connectivity index (χ4n) is 2.43. The van der Waals surface area contributed by atoms with Gasteiger partial charge in [-0.25, -0.2) is 4.79 Å². The highest BCUT2D eigenvalue weighted by molar-refractivity contribution is 5.67. The fourth-order valence-corrected chi connectivity index (χ4v) is 2.43. The van der Waals surface area contributed by atoms with E-state index in [1.807, 2.05) is 20.8 Å². The van der Waals surface area contributed by atoms with Gasteiger partial charge in [-0.15, -0.1) is 0 Å². The largest absolute Gasteiger partial charge is 0.444 e. The van der Waals surface area contributed by atoms with Crippen molar-refractivity contribution in [3.8, 4) is 0 Å². The maximum absolute atomic E-state index is 11.5. The zero-order valence-corrected chi connectivity index (χ0v) is 13.5. The van der Waals surface area contributed by atoms with Crippen molar-refractivity contribution in [3.63, 3.8) is 0 Å². The van der Waals surface area contributed by atoms with Gasteiger partial charge in [-0.05, 0) is 59.7 Å². The van der Waals surface area contributed by atoms with Crippen molar-refractivity contribution in [2.24, 2.45) is 0 Å². The molecule has 0 bridgehead atoms. The van der Waals surface area contributed by atoms with E-state index in [9.17, 15) is 4.79 Å². The van der Waals surface area contributed by atoms with Crippen LogP contribution in [0.5, 0.6) is 0 Å². The average Bonchev–Trinajstić information content (AvgIpc) is 2.57. The van der Waals surface area contributed by atoms with Gasteiger partial charge in [-0.2, -0.15) is 0 Å². The smallest absolute Gasteiger partial charge is 0.407 e. The van der Waals surface area contributed by atoms with Gasteiger partial charge < -0.3 is 20.3 Å². The summed E-state index contributed by atoms with van der Waals surface area (Å²) in [5.74, 6) is 0. The van der Waals surface area contributed by atoms with Crippen molar-refractivity contribution < 1.29 is 9.53 Å². The molecule has 1 unspecified atom stereocenters. The van der Waals surface area contributed by atoms with Gasteiger partial charge in [-0.3, -0.25) is 0 Å². The molecule has 1 amide bonds. The third-order valence-corrected chi connectivity index (χ3v) is 3.49. The molecule has 0 saturated carbocycles. The summed E-state index contributed by atoms with van der Waals surface area (Å²) in [6.07, 6.45) is 3.34. The van der Waals surface area contributed by atoms with E-state index in [2.05, 4.69) is 22.5 Å². The maximum atomic E-state index is 11.5. The Hall–Kier alpha value is -0.810. The Morgan fingerprint density at radius 2 is 2.00 bits per heavy atom. The quantitative estimate of drug-likeness (QED) is 0.758. The zero-order valence-electron chi connectivity index (χ0n) is 13.5. The average molecular weight is 285 g/mol. The van der Waals surface area contributed by atoms with Crippen LogP contribution in [0.4, 0.5) is 4.79 Å². The van der Waals surface area contributed by atoms with E-state index in [0.29, 0.717) is 12.6 Å². The van der Waals surface area contributed by atoms with Gasteiger partial charge in [0.25, 0.3) is 0 Å². The predicted octanol–water partition coefficient (Wildman–Crippen LogP) is 1.98. The van der Waals surface area contributed by atoms with Gasteiger partial charge >= 0.3 is 6.09 Å². The second-order valence-corrected chi connectivity index (χ2v) is 6.44. The van der Waals surface area contributed by atoms with Crippen molar-refractivity contribution in [2.75, 3.05) is 32.7 Å². The number of alkyl carbamates (subject to hydrolysis) is 1. The Labute approximate surface area is 123 Å². The lowest BCUT2D eigenvalue weighted by molar-refractivity contribution is 0.0528. The molecule has 0 aliphatic carbocycles. The second kappa shape index (κ2) is 8.47. The summed E-state index contributed by atoms with van der Waals surface area (Å²) in [7, 11) is 0. The van der Waals surface area contributed by atoms with Crippen LogP contribution in [0.3, 0.4) is 0 Å². The molecule has 1 saturated heterocycles. The fraction of sp³-hybridized carbons (Fsp3) is 0.933. The van der Waals surface area contributed by atoms with Crippen LogP contribution in [0.2, 0.25) is 0 Å². The number of amides is 1. The Balaban J connectivity index is 2.10. The van der Waals surface area contributed by atoms with Gasteiger partial charge in [0.2, 0.25) is 0 Å². The van der Waals surface area contributed by atoms with E-state index in [1.54, 1.807) is 0 Å². The molecule has 20 heavy (non-hydrogen) atoms. The Kier molecular flexibility index (Phi) is 7.30. The minimum atomic E-state index is -0.428. The summed E-state index contributed by atoms with van der Waals surface area (Å²) >= 11 is 0. The molecule has 2 N–H and O–H groups in total. The van der Waals surface area contributed by atoms with Gasteiger partial charge in [0.15, 0.2) is 0 Å². The normalized spacial score (nSPS) is 21.3. The molecule has 5 nitrogen and oxygen atoms in total. The Bertz CT molecular complexity index is 289. The molecule has 118 valence electrons. The minimum absolute atomic E-state index is 0.336. The number of likely N-dealkylation sites (tertiary alicyclic amines) is 1. The zero-order chi connectivity index (χ0) is 15.0. The first-order valence-electron chi connectivity index (χ1n) is 7.83. The van der Waals surface area contributed by atoms with Gasteiger partial charge in [0.05, 0.1) is 0 Å². The van der Waals surface area contributed by atoms with Crippen molar-refractivity contribution in [2.45, 2.75) is 58.6 Å². The number of carbonyl (C=O) groups is 1. The summed E-state index contributed by atoms with van der Waals surface area (Å²) in [6.45, 7) is 12.8. The van der Waals surface area contributed by atoms with Gasteiger partial charge in [0.1, 0.15) is 5.60 Å². The topological polar surface area (TPSA) is 53.6 Å². The van der Waals surface area contributed by atoms with E-state index in [4.69, 9.17) is 4.74 Å². The number of hydrogen-bond acceptors (Lipinski definition) is 4. The molecule has 0 aromatic heterocycles. The SMILES string of the molecule is CCN1CCCC(NCCNC(=O)OC(C)(C)C)CC1. The molecular weight excluding hydrogens is 254 g/mol. The minimum Gasteiger partial charge on any atom is -0.444 e. The number of carbonyl (C=O) groups excluding carboxylic acids is 1. The first-order valence-corrected chi connectivity index (χ1v) is 7.83. The van der Waals surface area contributed by atoms with E-state index >= 15 is 0 Å². The Morgan fingerprint density at radius 1 is 1.25 bits per heavy atom. The molecule has 0 spiro atoms.